The van der Waals surface area contributed by atoms with E-state index < -0.39 is 0 Å². The Hall–Kier alpha value is -1.29. The maximum absolute atomic E-state index is 8.40. The summed E-state index contributed by atoms with van der Waals surface area (Å²) in [6.07, 6.45) is 3.22. The van der Waals surface area contributed by atoms with Crippen molar-refractivity contribution in [3.05, 3.63) is 36.5 Å². The van der Waals surface area contributed by atoms with E-state index in [2.05, 4.69) is 13.2 Å². The predicted molar refractivity (Wildman–Crippen MR) is 50.1 cm³/mol. The fraction of sp³-hybridized carbons (Fsp3) is 0.300. The highest BCUT2D eigenvalue weighted by Gasteiger charge is 1.90. The van der Waals surface area contributed by atoms with Gasteiger partial charge < -0.3 is 0 Å². The molecule has 11 heavy (non-hydrogen) atoms. The second-order valence-electron chi connectivity index (χ2n) is 1.71. The summed E-state index contributed by atoms with van der Waals surface area (Å²) in [5, 5.41) is 8.40. The molecule has 0 aromatic heterocycles. The first kappa shape index (κ1) is 12.4. The monoisotopic (exact) mass is 149 g/mol. The van der Waals surface area contributed by atoms with E-state index in [1.54, 1.807) is 19.1 Å². The molecule has 0 saturated heterocycles. The molecule has 0 fully saturated rings. The fourth-order valence-corrected chi connectivity index (χ4v) is 0.393. The number of hydrogen-bond donors (Lipinski definition) is 0. The normalized spacial score (nSPS) is 8.73. The van der Waals surface area contributed by atoms with Crippen LogP contribution in [0.1, 0.15) is 20.8 Å². The van der Waals surface area contributed by atoms with Crippen LogP contribution in [-0.4, -0.2) is 0 Å². The Kier molecular flexibility index (Phi) is 9.81. The van der Waals surface area contributed by atoms with E-state index in [9.17, 15) is 0 Å². The fourth-order valence-electron chi connectivity index (χ4n) is 0.393. The van der Waals surface area contributed by atoms with Crippen LogP contribution in [0.15, 0.2) is 36.5 Å². The molecule has 0 N–H and O–H groups in total. The summed E-state index contributed by atoms with van der Waals surface area (Å²) in [5.41, 5.74) is 1.36. The van der Waals surface area contributed by atoms with E-state index in [0.29, 0.717) is 5.57 Å². The summed E-state index contributed by atoms with van der Waals surface area (Å²) in [5.74, 6) is 0. The zero-order chi connectivity index (χ0) is 9.28. The van der Waals surface area contributed by atoms with Gasteiger partial charge in [0.1, 0.15) is 0 Å². The predicted octanol–water partition coefficient (Wildman–Crippen LogP) is 3.22. The maximum Gasteiger partial charge on any atom is 0.0994 e. The molecule has 0 atom stereocenters. The highest BCUT2D eigenvalue weighted by molar-refractivity contribution is 5.40. The first-order chi connectivity index (χ1) is 5.22. The van der Waals surface area contributed by atoms with Crippen molar-refractivity contribution in [3.8, 4) is 6.07 Å². The molecule has 0 amide bonds. The van der Waals surface area contributed by atoms with Crippen molar-refractivity contribution < 1.29 is 0 Å². The van der Waals surface area contributed by atoms with Gasteiger partial charge in [-0.15, -0.1) is 0 Å². The first-order valence-electron chi connectivity index (χ1n) is 3.61. The van der Waals surface area contributed by atoms with Gasteiger partial charge in [0.25, 0.3) is 0 Å². The van der Waals surface area contributed by atoms with Crippen molar-refractivity contribution in [2.75, 3.05) is 0 Å². The van der Waals surface area contributed by atoms with Gasteiger partial charge in [-0.1, -0.05) is 33.1 Å². The van der Waals surface area contributed by atoms with E-state index in [1.165, 1.54) is 0 Å². The van der Waals surface area contributed by atoms with Crippen LogP contribution in [0.2, 0.25) is 0 Å². The lowest BCUT2D eigenvalue weighted by molar-refractivity contribution is 1.42. The lowest BCUT2D eigenvalue weighted by Crippen LogP contribution is -1.75. The Bertz CT molecular complexity index is 191. The standard InChI is InChI=1S/C8H9N.C2H6/c1-4-5-8(6-9)7(2)3;1-2/h4-5H,1-2H2,3H3;1-2H3/b8-5-;. The van der Waals surface area contributed by atoms with Crippen LogP contribution in [0.3, 0.4) is 0 Å². The third kappa shape index (κ3) is 6.60. The van der Waals surface area contributed by atoms with E-state index in [4.69, 9.17) is 5.26 Å². The first-order valence-corrected chi connectivity index (χ1v) is 3.61. The minimum absolute atomic E-state index is 0.588. The quantitative estimate of drug-likeness (QED) is 0.437. The third-order valence-electron chi connectivity index (χ3n) is 0.865. The number of allylic oxidation sites excluding steroid dienone is 4. The molecule has 0 unspecified atom stereocenters. The molecule has 0 rings (SSSR count). The SMILES string of the molecule is C=C/C=C(/C#N)C(=C)C.CC. The number of nitrogens with zero attached hydrogens (tertiary/aromatic N) is 1. The Morgan fingerprint density at radius 3 is 2.00 bits per heavy atom. The van der Waals surface area contributed by atoms with Gasteiger partial charge in [0.2, 0.25) is 0 Å². The molecule has 0 aromatic carbocycles. The van der Waals surface area contributed by atoms with Crippen LogP contribution < -0.4 is 0 Å². The van der Waals surface area contributed by atoms with E-state index in [-0.39, 0.29) is 0 Å². The molecular weight excluding hydrogens is 134 g/mol. The summed E-state index contributed by atoms with van der Waals surface area (Å²) < 4.78 is 0. The summed E-state index contributed by atoms with van der Waals surface area (Å²) >= 11 is 0. The molecule has 1 nitrogen and oxygen atoms in total. The summed E-state index contributed by atoms with van der Waals surface area (Å²) in [4.78, 5) is 0. The second kappa shape index (κ2) is 8.71. The van der Waals surface area contributed by atoms with Crippen molar-refractivity contribution in [1.29, 1.82) is 5.26 Å². The molecule has 0 aliphatic heterocycles. The van der Waals surface area contributed by atoms with Crippen LogP contribution in [0.25, 0.3) is 0 Å². The lowest BCUT2D eigenvalue weighted by Gasteiger charge is -1.89. The molecule has 0 aliphatic rings. The molecule has 0 spiro atoms. The molecule has 0 saturated carbocycles. The van der Waals surface area contributed by atoms with Crippen LogP contribution in [-0.2, 0) is 0 Å². The summed E-state index contributed by atoms with van der Waals surface area (Å²) in [6, 6.07) is 1.99. The number of hydrogen-bond acceptors (Lipinski definition) is 1. The third-order valence-corrected chi connectivity index (χ3v) is 0.865. The summed E-state index contributed by atoms with van der Waals surface area (Å²) in [7, 11) is 0. The zero-order valence-corrected chi connectivity index (χ0v) is 7.52. The second-order valence-corrected chi connectivity index (χ2v) is 1.71. The van der Waals surface area contributed by atoms with Crippen LogP contribution in [0, 0.1) is 11.3 Å². The molecule has 1 heteroatoms. The molecular formula is C10H15N. The largest absolute Gasteiger partial charge is 0.192 e. The smallest absolute Gasteiger partial charge is 0.0994 e. The van der Waals surface area contributed by atoms with Crippen LogP contribution in [0.5, 0.6) is 0 Å². The van der Waals surface area contributed by atoms with Crippen LogP contribution in [0.4, 0.5) is 0 Å². The molecule has 0 aromatic rings. The van der Waals surface area contributed by atoms with Crippen molar-refractivity contribution in [2.45, 2.75) is 20.8 Å². The van der Waals surface area contributed by atoms with Crippen molar-refractivity contribution in [1.82, 2.24) is 0 Å². The van der Waals surface area contributed by atoms with Gasteiger partial charge in [-0.25, -0.2) is 0 Å². The van der Waals surface area contributed by atoms with Gasteiger partial charge in [-0.2, -0.15) is 5.26 Å². The molecule has 0 bridgehead atoms. The molecule has 0 radical (unpaired) electrons. The van der Waals surface area contributed by atoms with Crippen LogP contribution >= 0.6 is 0 Å². The van der Waals surface area contributed by atoms with Crippen molar-refractivity contribution >= 4 is 0 Å². The summed E-state index contributed by atoms with van der Waals surface area (Å²) in [6.45, 7) is 12.9. The Balaban J connectivity index is 0. The number of rotatable bonds is 2. The highest BCUT2D eigenvalue weighted by Crippen LogP contribution is 2.03. The van der Waals surface area contributed by atoms with Gasteiger partial charge in [0, 0.05) is 0 Å². The van der Waals surface area contributed by atoms with Crippen molar-refractivity contribution in [3.63, 3.8) is 0 Å². The maximum atomic E-state index is 8.40. The van der Waals surface area contributed by atoms with Gasteiger partial charge in [0.15, 0.2) is 0 Å². The topological polar surface area (TPSA) is 23.8 Å². The average Bonchev–Trinajstić information content (AvgIpc) is 2.03. The minimum atomic E-state index is 0.588. The minimum Gasteiger partial charge on any atom is -0.192 e. The van der Waals surface area contributed by atoms with Gasteiger partial charge in [0.05, 0.1) is 11.6 Å². The Labute approximate surface area is 69.4 Å². The highest BCUT2D eigenvalue weighted by atomic mass is 14.2. The Morgan fingerprint density at radius 2 is 1.91 bits per heavy atom. The molecule has 0 heterocycles. The van der Waals surface area contributed by atoms with E-state index in [1.807, 2.05) is 19.9 Å². The zero-order valence-electron chi connectivity index (χ0n) is 7.52. The van der Waals surface area contributed by atoms with Crippen molar-refractivity contribution in [2.24, 2.45) is 0 Å². The van der Waals surface area contributed by atoms with E-state index in [0.717, 1.165) is 5.57 Å². The average molecular weight is 149 g/mol. The molecule has 60 valence electrons. The Morgan fingerprint density at radius 1 is 1.45 bits per heavy atom. The lowest BCUT2D eigenvalue weighted by atomic mass is 10.1. The van der Waals surface area contributed by atoms with Gasteiger partial charge in [-0.3, -0.25) is 0 Å². The van der Waals surface area contributed by atoms with E-state index >= 15 is 0 Å². The van der Waals surface area contributed by atoms with Gasteiger partial charge >= 0.3 is 0 Å². The molecule has 0 aliphatic carbocycles. The van der Waals surface area contributed by atoms with Gasteiger partial charge in [-0.05, 0) is 18.6 Å². The number of nitriles is 1.